The van der Waals surface area contributed by atoms with Gasteiger partial charge in [0.2, 0.25) is 0 Å². The molecule has 0 bridgehead atoms. The van der Waals surface area contributed by atoms with Gasteiger partial charge in [0.25, 0.3) is 0 Å². The minimum Gasteiger partial charge on any atom is -0.462 e. The number of rotatable bonds is 4. The molecule has 0 amide bonds. The number of hydrogen-bond acceptors (Lipinski definition) is 3. The Balaban J connectivity index is 2.63. The minimum atomic E-state index is -1.33. The molecule has 0 spiro atoms. The maximum absolute atomic E-state index is 11.8. The van der Waals surface area contributed by atoms with Gasteiger partial charge in [-0.05, 0) is 39.5 Å². The highest BCUT2D eigenvalue weighted by Crippen LogP contribution is 2.34. The lowest BCUT2D eigenvalue weighted by atomic mass is 9.80. The Morgan fingerprint density at radius 1 is 1.35 bits per heavy atom. The van der Waals surface area contributed by atoms with Crippen LogP contribution in [0.2, 0.25) is 0 Å². The summed E-state index contributed by atoms with van der Waals surface area (Å²) < 4.78 is 5.10. The van der Waals surface area contributed by atoms with Crippen LogP contribution in [0.25, 0.3) is 0 Å². The predicted octanol–water partition coefficient (Wildman–Crippen LogP) is 2.88. The highest BCUT2D eigenvalue weighted by molar-refractivity contribution is 6.34. The molecule has 0 aromatic rings. The smallest absolute Gasteiger partial charge is 0.329 e. The molecule has 1 saturated carbocycles. The summed E-state index contributed by atoms with van der Waals surface area (Å²) >= 11 is 6.19. The Bertz CT molecular complexity index is 257. The van der Waals surface area contributed by atoms with Gasteiger partial charge in [0, 0.05) is 0 Å². The zero-order chi connectivity index (χ0) is 13.1. The molecule has 3 nitrogen and oxygen atoms in total. The molecule has 0 aromatic heterocycles. The van der Waals surface area contributed by atoms with E-state index in [9.17, 15) is 9.90 Å². The lowest BCUT2D eigenvalue weighted by Crippen LogP contribution is -2.48. The number of halogens is 1. The molecular weight excluding hydrogens is 240 g/mol. The van der Waals surface area contributed by atoms with E-state index in [-0.39, 0.29) is 12.0 Å². The van der Waals surface area contributed by atoms with Gasteiger partial charge in [-0.15, -0.1) is 11.6 Å². The van der Waals surface area contributed by atoms with Crippen LogP contribution >= 0.6 is 11.6 Å². The molecule has 0 radical (unpaired) electrons. The summed E-state index contributed by atoms with van der Waals surface area (Å²) in [6, 6.07) is 0. The molecule has 0 heterocycles. The van der Waals surface area contributed by atoms with Crippen LogP contribution in [0.3, 0.4) is 0 Å². The van der Waals surface area contributed by atoms with E-state index < -0.39 is 16.9 Å². The van der Waals surface area contributed by atoms with Crippen molar-refractivity contribution in [3.05, 3.63) is 0 Å². The third-order valence-electron chi connectivity index (χ3n) is 3.39. The number of alkyl halides is 1. The van der Waals surface area contributed by atoms with Gasteiger partial charge in [0.15, 0.2) is 4.87 Å². The Hall–Kier alpha value is -0.280. The van der Waals surface area contributed by atoms with E-state index in [1.54, 1.807) is 20.8 Å². The van der Waals surface area contributed by atoms with Gasteiger partial charge in [-0.3, -0.25) is 4.79 Å². The maximum Gasteiger partial charge on any atom is 0.329 e. The van der Waals surface area contributed by atoms with Gasteiger partial charge < -0.3 is 9.84 Å². The Morgan fingerprint density at radius 3 is 2.35 bits per heavy atom. The number of carbonyl (C=O) groups is 1. The quantitative estimate of drug-likeness (QED) is 0.626. The number of aliphatic hydroxyl groups is 1. The third kappa shape index (κ3) is 3.85. The molecule has 100 valence electrons. The molecule has 1 aliphatic carbocycles. The maximum atomic E-state index is 11.8. The Kier molecular flexibility index (Phi) is 5.26. The summed E-state index contributed by atoms with van der Waals surface area (Å²) in [7, 11) is 0. The molecule has 2 atom stereocenters. The van der Waals surface area contributed by atoms with E-state index in [1.807, 2.05) is 0 Å². The molecule has 1 aliphatic rings. The van der Waals surface area contributed by atoms with Crippen molar-refractivity contribution in [3.8, 4) is 0 Å². The van der Waals surface area contributed by atoms with Gasteiger partial charge in [-0.25, -0.2) is 0 Å². The number of aliphatic hydroxyl groups excluding tert-OH is 1. The van der Waals surface area contributed by atoms with E-state index >= 15 is 0 Å². The van der Waals surface area contributed by atoms with Crippen LogP contribution in [-0.4, -0.2) is 28.2 Å². The van der Waals surface area contributed by atoms with E-state index in [0.717, 1.165) is 25.7 Å². The van der Waals surface area contributed by atoms with Gasteiger partial charge in [-0.2, -0.15) is 0 Å². The van der Waals surface area contributed by atoms with Crippen LogP contribution in [-0.2, 0) is 9.53 Å². The molecule has 1 N–H and O–H groups in total. The first-order valence-corrected chi connectivity index (χ1v) is 6.81. The number of carbonyl (C=O) groups excluding carboxylic acids is 1. The zero-order valence-corrected chi connectivity index (χ0v) is 11.7. The first-order valence-electron chi connectivity index (χ1n) is 6.43. The fourth-order valence-corrected chi connectivity index (χ4v) is 2.57. The van der Waals surface area contributed by atoms with Gasteiger partial charge >= 0.3 is 5.97 Å². The number of hydrogen-bond donors (Lipinski definition) is 1. The fourth-order valence-electron chi connectivity index (χ4n) is 2.34. The Labute approximate surface area is 108 Å². The van der Waals surface area contributed by atoms with Crippen molar-refractivity contribution in [2.45, 2.75) is 70.0 Å². The summed E-state index contributed by atoms with van der Waals surface area (Å²) in [6.07, 6.45) is 4.27. The fraction of sp³-hybridized carbons (Fsp3) is 0.923. The second-order valence-electron chi connectivity index (χ2n) is 5.37. The highest BCUT2D eigenvalue weighted by Gasteiger charge is 2.44. The zero-order valence-electron chi connectivity index (χ0n) is 10.9. The van der Waals surface area contributed by atoms with Crippen LogP contribution in [0.15, 0.2) is 0 Å². The summed E-state index contributed by atoms with van der Waals surface area (Å²) in [5.41, 5.74) is 0. The summed E-state index contributed by atoms with van der Waals surface area (Å²) in [5, 5.41) is 10.3. The summed E-state index contributed by atoms with van der Waals surface area (Å²) in [6.45, 7) is 5.11. The van der Waals surface area contributed by atoms with Crippen molar-refractivity contribution in [1.82, 2.24) is 0 Å². The van der Waals surface area contributed by atoms with Crippen molar-refractivity contribution >= 4 is 17.6 Å². The monoisotopic (exact) mass is 262 g/mol. The number of esters is 1. The minimum absolute atomic E-state index is 0.117. The van der Waals surface area contributed by atoms with Gasteiger partial charge in [0.1, 0.15) is 0 Å². The topological polar surface area (TPSA) is 46.5 Å². The van der Waals surface area contributed by atoms with Crippen molar-refractivity contribution in [2.75, 3.05) is 0 Å². The SMILES string of the molecule is CC(C)OC(=O)C(C)(Cl)C(O)C1CCCCC1. The van der Waals surface area contributed by atoms with Crippen LogP contribution < -0.4 is 0 Å². The van der Waals surface area contributed by atoms with Crippen molar-refractivity contribution < 1.29 is 14.6 Å². The lowest BCUT2D eigenvalue weighted by Gasteiger charge is -2.34. The van der Waals surface area contributed by atoms with Crippen LogP contribution in [0.1, 0.15) is 52.9 Å². The van der Waals surface area contributed by atoms with Crippen molar-refractivity contribution in [1.29, 1.82) is 0 Å². The highest BCUT2D eigenvalue weighted by atomic mass is 35.5. The normalized spacial score (nSPS) is 23.2. The van der Waals surface area contributed by atoms with Crippen LogP contribution in [0, 0.1) is 5.92 Å². The molecule has 0 saturated heterocycles. The van der Waals surface area contributed by atoms with Crippen molar-refractivity contribution in [3.63, 3.8) is 0 Å². The average Bonchev–Trinajstić information content (AvgIpc) is 2.28. The second-order valence-corrected chi connectivity index (χ2v) is 6.16. The Morgan fingerprint density at radius 2 is 1.88 bits per heavy atom. The van der Waals surface area contributed by atoms with E-state index in [1.165, 1.54) is 6.42 Å². The number of ether oxygens (including phenoxy) is 1. The van der Waals surface area contributed by atoms with Crippen molar-refractivity contribution in [2.24, 2.45) is 5.92 Å². The summed E-state index contributed by atoms with van der Waals surface area (Å²) in [4.78, 5) is 10.5. The molecular formula is C13H23ClO3. The van der Waals surface area contributed by atoms with Gasteiger partial charge in [-0.1, -0.05) is 19.3 Å². The first-order chi connectivity index (χ1) is 7.85. The predicted molar refractivity (Wildman–Crippen MR) is 68.1 cm³/mol. The molecule has 0 aliphatic heterocycles. The van der Waals surface area contributed by atoms with E-state index in [2.05, 4.69) is 0 Å². The van der Waals surface area contributed by atoms with E-state index in [0.29, 0.717) is 0 Å². The molecule has 2 unspecified atom stereocenters. The average molecular weight is 263 g/mol. The van der Waals surface area contributed by atoms with Gasteiger partial charge in [0.05, 0.1) is 12.2 Å². The van der Waals surface area contributed by atoms with E-state index in [4.69, 9.17) is 16.3 Å². The third-order valence-corrected chi connectivity index (χ3v) is 3.77. The summed E-state index contributed by atoms with van der Waals surface area (Å²) in [5.74, 6) is -0.404. The lowest BCUT2D eigenvalue weighted by molar-refractivity contribution is -0.155. The standard InChI is InChI=1S/C13H23ClO3/c1-9(2)17-12(16)13(3,14)11(15)10-7-5-4-6-8-10/h9-11,15H,4-8H2,1-3H3. The molecule has 1 rings (SSSR count). The molecule has 4 heteroatoms. The first kappa shape index (κ1) is 14.8. The molecule has 17 heavy (non-hydrogen) atoms. The largest absolute Gasteiger partial charge is 0.462 e. The molecule has 0 aromatic carbocycles. The second kappa shape index (κ2) is 6.05. The van der Waals surface area contributed by atoms with Crippen LogP contribution in [0.5, 0.6) is 0 Å². The van der Waals surface area contributed by atoms with Crippen LogP contribution in [0.4, 0.5) is 0 Å². The molecule has 1 fully saturated rings.